The van der Waals surface area contributed by atoms with Crippen LogP contribution in [-0.4, -0.2) is 43.9 Å². The van der Waals surface area contributed by atoms with Crippen molar-refractivity contribution in [2.75, 3.05) is 5.32 Å². The van der Waals surface area contributed by atoms with Crippen LogP contribution in [0.3, 0.4) is 0 Å². The normalized spacial score (nSPS) is 12.8. The number of pyridine rings is 1. The average Bonchev–Trinajstić information content (AvgIpc) is 2.70. The summed E-state index contributed by atoms with van der Waals surface area (Å²) in [5.74, 6) is 0. The second kappa shape index (κ2) is 8.13. The Hall–Kier alpha value is -2.85. The Kier molecular flexibility index (Phi) is 5.80. The van der Waals surface area contributed by atoms with Crippen molar-refractivity contribution in [1.29, 1.82) is 0 Å². The minimum Gasteiger partial charge on any atom is -0.354 e. The molecule has 178 valence electrons. The molecule has 4 N–H and O–H groups in total. The molecule has 0 saturated heterocycles. The van der Waals surface area contributed by atoms with Crippen molar-refractivity contribution in [2.24, 2.45) is 0 Å². The first-order valence-corrected chi connectivity index (χ1v) is 13.7. The molecule has 0 unspecified atom stereocenters. The van der Waals surface area contributed by atoms with Gasteiger partial charge in [-0.2, -0.15) is 25.3 Å². The highest BCUT2D eigenvalue weighted by molar-refractivity contribution is 7.87. The maximum atomic E-state index is 12.2. The number of aromatic nitrogens is 1. The molecule has 0 spiro atoms. The minimum absolute atomic E-state index is 0.0700. The molecule has 0 saturated carbocycles. The molecule has 34 heavy (non-hydrogen) atoms. The van der Waals surface area contributed by atoms with E-state index in [4.69, 9.17) is 11.6 Å². The molecule has 0 radical (unpaired) electrons. The lowest BCUT2D eigenvalue weighted by Gasteiger charge is -2.16. The lowest BCUT2D eigenvalue weighted by molar-refractivity contribution is 0.478. The fraction of sp³-hybridized carbons (Fsp3) is 0. The fourth-order valence-corrected chi connectivity index (χ4v) is 5.66. The zero-order chi connectivity index (χ0) is 25.1. The first kappa shape index (κ1) is 24.3. The second-order valence-electron chi connectivity index (χ2n) is 7.03. The average molecular weight is 545 g/mol. The number of nitrogens with zero attached hydrogens (tertiary/aromatic N) is 1. The van der Waals surface area contributed by atoms with Crippen molar-refractivity contribution in [3.63, 3.8) is 0 Å². The third kappa shape index (κ3) is 4.56. The lowest BCUT2D eigenvalue weighted by atomic mass is 10.1. The van der Waals surface area contributed by atoms with Gasteiger partial charge in [0.05, 0.1) is 10.4 Å². The van der Waals surface area contributed by atoms with Crippen molar-refractivity contribution < 1.29 is 38.9 Å². The van der Waals surface area contributed by atoms with Gasteiger partial charge in [0.2, 0.25) is 0 Å². The smallest absolute Gasteiger partial charge is 0.295 e. The molecule has 0 aliphatic carbocycles. The Morgan fingerprint density at radius 3 is 2.00 bits per heavy atom. The van der Waals surface area contributed by atoms with Gasteiger partial charge >= 0.3 is 0 Å². The summed E-state index contributed by atoms with van der Waals surface area (Å²) in [6.45, 7) is 0. The van der Waals surface area contributed by atoms with Gasteiger partial charge < -0.3 is 5.32 Å². The van der Waals surface area contributed by atoms with E-state index in [0.717, 1.165) is 12.1 Å². The molecule has 4 aromatic rings. The molecular formula is C19H13ClN2O9S3. The summed E-state index contributed by atoms with van der Waals surface area (Å²) in [6.07, 6.45) is 1.43. The van der Waals surface area contributed by atoms with E-state index in [1.807, 2.05) is 0 Å². The molecule has 1 aromatic heterocycles. The molecule has 15 heteroatoms. The lowest BCUT2D eigenvalue weighted by Crippen LogP contribution is -2.08. The zero-order valence-corrected chi connectivity index (χ0v) is 19.7. The van der Waals surface area contributed by atoms with Gasteiger partial charge in [-0.05, 0) is 48.5 Å². The van der Waals surface area contributed by atoms with Crippen LogP contribution in [0.5, 0.6) is 0 Å². The van der Waals surface area contributed by atoms with Gasteiger partial charge in [0.1, 0.15) is 9.79 Å². The van der Waals surface area contributed by atoms with Gasteiger partial charge in [-0.3, -0.25) is 18.6 Å². The largest absolute Gasteiger partial charge is 0.354 e. The highest BCUT2D eigenvalue weighted by Crippen LogP contribution is 2.39. The Morgan fingerprint density at radius 1 is 0.706 bits per heavy atom. The number of anilines is 2. The quantitative estimate of drug-likeness (QED) is 0.269. The maximum Gasteiger partial charge on any atom is 0.295 e. The van der Waals surface area contributed by atoms with Crippen LogP contribution >= 0.6 is 11.6 Å². The third-order valence-corrected chi connectivity index (χ3v) is 7.70. The number of hydrogen-bond acceptors (Lipinski definition) is 8. The number of benzene rings is 3. The Labute approximate surface area is 198 Å². The van der Waals surface area contributed by atoms with E-state index in [2.05, 4.69) is 10.3 Å². The maximum absolute atomic E-state index is 12.2. The number of nitrogens with one attached hydrogen (secondary N) is 1. The standard InChI is InChI=1S/C19H13ClN2O9S3/c20-10-1-2-12-14(5-6-21-16(12)7-10)22-15-3-4-17(33(26,27)28)13-8-11(32(23,24)25)9-18(19(13)15)34(29,30)31/h1-9H,(H,21,22)(H,23,24,25)(H,26,27,28)(H,29,30,31). The summed E-state index contributed by atoms with van der Waals surface area (Å²) < 4.78 is 100. The van der Waals surface area contributed by atoms with E-state index in [-0.39, 0.29) is 5.69 Å². The van der Waals surface area contributed by atoms with Gasteiger partial charge in [0, 0.05) is 38.8 Å². The first-order chi connectivity index (χ1) is 15.7. The van der Waals surface area contributed by atoms with Gasteiger partial charge in [-0.15, -0.1) is 0 Å². The Bertz CT molecular complexity index is 1820. The number of hydrogen-bond donors (Lipinski definition) is 4. The molecule has 0 fully saturated rings. The van der Waals surface area contributed by atoms with Crippen molar-refractivity contribution >= 4 is 75.0 Å². The minimum atomic E-state index is -5.16. The molecule has 0 aliphatic heterocycles. The summed E-state index contributed by atoms with van der Waals surface area (Å²) in [4.78, 5) is 1.29. The summed E-state index contributed by atoms with van der Waals surface area (Å²) >= 11 is 5.99. The first-order valence-electron chi connectivity index (χ1n) is 9.01. The van der Waals surface area contributed by atoms with E-state index in [1.165, 1.54) is 12.3 Å². The van der Waals surface area contributed by atoms with Gasteiger partial charge in [0.15, 0.2) is 0 Å². The van der Waals surface area contributed by atoms with Gasteiger partial charge in [0.25, 0.3) is 30.4 Å². The van der Waals surface area contributed by atoms with Crippen molar-refractivity contribution in [3.8, 4) is 0 Å². The van der Waals surface area contributed by atoms with Crippen LogP contribution in [0.4, 0.5) is 11.4 Å². The van der Waals surface area contributed by atoms with Crippen molar-refractivity contribution in [1.82, 2.24) is 4.98 Å². The Balaban J connectivity index is 2.13. The van der Waals surface area contributed by atoms with Gasteiger partial charge in [-0.25, -0.2) is 0 Å². The summed E-state index contributed by atoms with van der Waals surface area (Å²) in [5.41, 5.74) is 0.780. The SMILES string of the molecule is O=S(=O)(O)c1cc(S(=O)(=O)O)c2c(Nc3ccnc4cc(Cl)ccc34)ccc(S(=O)(=O)O)c2c1. The molecule has 0 aliphatic rings. The van der Waals surface area contributed by atoms with Crippen molar-refractivity contribution in [3.05, 3.63) is 59.8 Å². The topological polar surface area (TPSA) is 188 Å². The zero-order valence-electron chi connectivity index (χ0n) is 16.5. The molecule has 4 rings (SSSR count). The summed E-state index contributed by atoms with van der Waals surface area (Å²) in [6, 6.07) is 9.47. The predicted octanol–water partition coefficient (Wildman–Crippen LogP) is 3.53. The van der Waals surface area contributed by atoms with Gasteiger partial charge in [-0.1, -0.05) is 11.6 Å². The van der Waals surface area contributed by atoms with Crippen LogP contribution < -0.4 is 5.32 Å². The highest BCUT2D eigenvalue weighted by Gasteiger charge is 2.26. The monoisotopic (exact) mass is 544 g/mol. The molecule has 3 aromatic carbocycles. The molecule has 0 atom stereocenters. The second-order valence-corrected chi connectivity index (χ2v) is 11.7. The molecule has 0 bridgehead atoms. The Morgan fingerprint density at radius 2 is 1.38 bits per heavy atom. The van der Waals surface area contributed by atoms with Crippen LogP contribution in [0.15, 0.2) is 69.4 Å². The van der Waals surface area contributed by atoms with E-state index < -0.39 is 55.8 Å². The van der Waals surface area contributed by atoms with E-state index in [9.17, 15) is 38.9 Å². The summed E-state index contributed by atoms with van der Waals surface area (Å²) in [7, 11) is -15.2. The third-order valence-electron chi connectivity index (χ3n) is 4.84. The predicted molar refractivity (Wildman–Crippen MR) is 123 cm³/mol. The van der Waals surface area contributed by atoms with E-state index in [0.29, 0.717) is 33.7 Å². The number of halogens is 1. The van der Waals surface area contributed by atoms with Crippen LogP contribution in [-0.2, 0) is 30.4 Å². The van der Waals surface area contributed by atoms with Crippen LogP contribution in [0.2, 0.25) is 5.02 Å². The molecule has 0 amide bonds. The number of rotatable bonds is 5. The van der Waals surface area contributed by atoms with Crippen LogP contribution in [0.1, 0.15) is 0 Å². The van der Waals surface area contributed by atoms with Crippen LogP contribution in [0, 0.1) is 0 Å². The van der Waals surface area contributed by atoms with Crippen LogP contribution in [0.25, 0.3) is 21.7 Å². The molecule has 1 heterocycles. The number of fused-ring (bicyclic) bond motifs is 2. The van der Waals surface area contributed by atoms with E-state index in [1.54, 1.807) is 18.2 Å². The highest BCUT2D eigenvalue weighted by atomic mass is 35.5. The molecule has 11 nitrogen and oxygen atoms in total. The van der Waals surface area contributed by atoms with Crippen molar-refractivity contribution in [2.45, 2.75) is 14.7 Å². The fourth-order valence-electron chi connectivity index (χ4n) is 3.45. The summed E-state index contributed by atoms with van der Waals surface area (Å²) in [5, 5.41) is 2.82. The van der Waals surface area contributed by atoms with E-state index >= 15 is 0 Å². The molecular weight excluding hydrogens is 532 g/mol.